The fourth-order valence-corrected chi connectivity index (χ4v) is 5.80. The summed E-state index contributed by atoms with van der Waals surface area (Å²) in [5.41, 5.74) is 4.23. The second-order valence-electron chi connectivity index (χ2n) is 11.3. The molecule has 1 aliphatic carbocycles. The van der Waals surface area contributed by atoms with Gasteiger partial charge < -0.3 is 19.1 Å². The van der Waals surface area contributed by atoms with Gasteiger partial charge in [0.1, 0.15) is 6.54 Å². The summed E-state index contributed by atoms with van der Waals surface area (Å²) in [6.07, 6.45) is 11.6. The van der Waals surface area contributed by atoms with Crippen LogP contribution in [0.2, 0.25) is 0 Å². The number of carbonyl (C=O) groups is 2. The number of ether oxygens (including phenoxy) is 1. The number of rotatable bonds is 15. The Morgan fingerprint density at radius 3 is 2.37 bits per heavy atom. The van der Waals surface area contributed by atoms with Crippen LogP contribution in [0.5, 0.6) is 0 Å². The Kier molecular flexibility index (Phi) is 12.1. The average molecular weight is 558 g/mol. The molecule has 3 aromatic rings. The summed E-state index contributed by atoms with van der Waals surface area (Å²) in [4.78, 5) is 31.5. The Balaban J connectivity index is 1.52. The minimum Gasteiger partial charge on any atom is -0.385 e. The number of carbonyl (C=O) groups excluding carboxylic acids is 2. The first kappa shape index (κ1) is 30.6. The molecule has 2 amide bonds. The van der Waals surface area contributed by atoms with E-state index in [1.807, 2.05) is 30.3 Å². The number of hydrogen-bond donors (Lipinski definition) is 0. The van der Waals surface area contributed by atoms with Crippen LogP contribution >= 0.6 is 0 Å². The molecule has 0 bridgehead atoms. The lowest BCUT2D eigenvalue weighted by molar-refractivity contribution is -0.135. The van der Waals surface area contributed by atoms with E-state index in [0.29, 0.717) is 31.7 Å². The van der Waals surface area contributed by atoms with Gasteiger partial charge in [0.2, 0.25) is 5.91 Å². The molecular weight excluding hydrogens is 510 g/mol. The standard InChI is InChI=1S/C35H47N3O3/c1-3-4-13-29-19-21-31(22-20-29)35(40)37(24-12-25-41-2)28-34(39)38(32-16-9-6-10-17-32)27-33-18-11-23-36(33)26-30-14-7-5-8-15-30/h5,7-8,11,14-15,18-23,32H,3-4,6,9-10,12-13,16-17,24-28H2,1-2H3. The normalized spacial score (nSPS) is 13.7. The van der Waals surface area contributed by atoms with Gasteiger partial charge >= 0.3 is 0 Å². The first-order valence-electron chi connectivity index (χ1n) is 15.4. The van der Waals surface area contributed by atoms with Gasteiger partial charge in [-0.05, 0) is 67.5 Å². The van der Waals surface area contributed by atoms with Gasteiger partial charge in [0.15, 0.2) is 0 Å². The average Bonchev–Trinajstić information content (AvgIpc) is 3.45. The third-order valence-electron chi connectivity index (χ3n) is 8.20. The first-order valence-corrected chi connectivity index (χ1v) is 15.4. The third-order valence-corrected chi connectivity index (χ3v) is 8.20. The molecule has 0 radical (unpaired) electrons. The quantitative estimate of drug-likeness (QED) is 0.195. The number of aryl methyl sites for hydroxylation is 1. The molecule has 4 rings (SSSR count). The van der Waals surface area contributed by atoms with Crippen LogP contribution in [0.25, 0.3) is 0 Å². The molecular formula is C35H47N3O3. The van der Waals surface area contributed by atoms with Crippen molar-refractivity contribution in [2.75, 3.05) is 26.8 Å². The zero-order valence-corrected chi connectivity index (χ0v) is 25.0. The fourth-order valence-electron chi connectivity index (χ4n) is 5.80. The van der Waals surface area contributed by atoms with Crippen LogP contribution < -0.4 is 0 Å². The van der Waals surface area contributed by atoms with Gasteiger partial charge in [-0.2, -0.15) is 0 Å². The van der Waals surface area contributed by atoms with E-state index in [-0.39, 0.29) is 24.4 Å². The van der Waals surface area contributed by atoms with E-state index in [1.54, 1.807) is 12.0 Å². The van der Waals surface area contributed by atoms with Crippen molar-refractivity contribution in [2.45, 2.75) is 83.8 Å². The van der Waals surface area contributed by atoms with Gasteiger partial charge in [-0.15, -0.1) is 0 Å². The number of nitrogens with zero attached hydrogens (tertiary/aromatic N) is 3. The molecule has 0 saturated heterocycles. The van der Waals surface area contributed by atoms with E-state index in [0.717, 1.165) is 57.2 Å². The van der Waals surface area contributed by atoms with E-state index < -0.39 is 0 Å². The number of methoxy groups -OCH3 is 1. The lowest BCUT2D eigenvalue weighted by atomic mass is 9.94. The van der Waals surface area contributed by atoms with Crippen LogP contribution in [-0.4, -0.2) is 59.0 Å². The molecule has 0 N–H and O–H groups in total. The van der Waals surface area contributed by atoms with Gasteiger partial charge in [-0.3, -0.25) is 9.59 Å². The van der Waals surface area contributed by atoms with Crippen molar-refractivity contribution < 1.29 is 14.3 Å². The second kappa shape index (κ2) is 16.2. The Morgan fingerprint density at radius 1 is 0.902 bits per heavy atom. The van der Waals surface area contributed by atoms with E-state index in [4.69, 9.17) is 4.74 Å². The third kappa shape index (κ3) is 9.06. The molecule has 2 aromatic carbocycles. The molecule has 1 aromatic heterocycles. The summed E-state index contributed by atoms with van der Waals surface area (Å²) in [5.74, 6) is -0.0674. The second-order valence-corrected chi connectivity index (χ2v) is 11.3. The number of unbranched alkanes of at least 4 members (excludes halogenated alkanes) is 1. The highest BCUT2D eigenvalue weighted by atomic mass is 16.5. The van der Waals surface area contributed by atoms with Crippen LogP contribution in [0.15, 0.2) is 72.9 Å². The Labute approximate surface area is 246 Å². The van der Waals surface area contributed by atoms with Gasteiger partial charge in [0, 0.05) is 50.3 Å². The lowest BCUT2D eigenvalue weighted by Crippen LogP contribution is -2.48. The van der Waals surface area contributed by atoms with Crippen molar-refractivity contribution in [3.8, 4) is 0 Å². The van der Waals surface area contributed by atoms with E-state index >= 15 is 0 Å². The molecule has 1 aliphatic rings. The molecule has 1 heterocycles. The van der Waals surface area contributed by atoms with E-state index in [1.165, 1.54) is 17.5 Å². The molecule has 220 valence electrons. The zero-order chi connectivity index (χ0) is 28.9. The molecule has 41 heavy (non-hydrogen) atoms. The number of aromatic nitrogens is 1. The zero-order valence-electron chi connectivity index (χ0n) is 25.0. The van der Waals surface area contributed by atoms with Crippen molar-refractivity contribution in [1.82, 2.24) is 14.4 Å². The van der Waals surface area contributed by atoms with Crippen LogP contribution in [0.1, 0.15) is 85.5 Å². The predicted molar refractivity (Wildman–Crippen MR) is 165 cm³/mol. The predicted octanol–water partition coefficient (Wildman–Crippen LogP) is 6.72. The molecule has 0 aliphatic heterocycles. The smallest absolute Gasteiger partial charge is 0.254 e. The minimum absolute atomic E-state index is 0.0229. The van der Waals surface area contributed by atoms with Gasteiger partial charge in [0.05, 0.1) is 6.54 Å². The summed E-state index contributed by atoms with van der Waals surface area (Å²) >= 11 is 0. The maximum Gasteiger partial charge on any atom is 0.254 e. The highest BCUT2D eigenvalue weighted by Crippen LogP contribution is 2.25. The van der Waals surface area contributed by atoms with Crippen molar-refractivity contribution >= 4 is 11.8 Å². The fraction of sp³-hybridized carbons (Fsp3) is 0.486. The number of hydrogen-bond acceptors (Lipinski definition) is 3. The number of benzene rings is 2. The summed E-state index contributed by atoms with van der Waals surface area (Å²) < 4.78 is 7.51. The summed E-state index contributed by atoms with van der Waals surface area (Å²) in [5, 5.41) is 0. The molecule has 6 heteroatoms. The van der Waals surface area contributed by atoms with Crippen molar-refractivity contribution in [3.05, 3.63) is 95.3 Å². The largest absolute Gasteiger partial charge is 0.385 e. The highest BCUT2D eigenvalue weighted by molar-refractivity contribution is 5.96. The Morgan fingerprint density at radius 2 is 1.66 bits per heavy atom. The maximum absolute atomic E-state index is 14.1. The van der Waals surface area contributed by atoms with Gasteiger partial charge in [0.25, 0.3) is 5.91 Å². The Hall–Kier alpha value is -3.38. The maximum atomic E-state index is 14.1. The van der Waals surface area contributed by atoms with Gasteiger partial charge in [-0.25, -0.2) is 0 Å². The van der Waals surface area contributed by atoms with Crippen LogP contribution in [0, 0.1) is 0 Å². The van der Waals surface area contributed by atoms with Crippen LogP contribution in [0.3, 0.4) is 0 Å². The highest BCUT2D eigenvalue weighted by Gasteiger charge is 2.29. The van der Waals surface area contributed by atoms with Gasteiger partial charge in [-0.1, -0.05) is 75.1 Å². The first-order chi connectivity index (χ1) is 20.1. The monoisotopic (exact) mass is 557 g/mol. The summed E-state index contributed by atoms with van der Waals surface area (Å²) in [7, 11) is 1.67. The van der Waals surface area contributed by atoms with Crippen molar-refractivity contribution in [1.29, 1.82) is 0 Å². The van der Waals surface area contributed by atoms with Crippen LogP contribution in [0.4, 0.5) is 0 Å². The SMILES string of the molecule is CCCCc1ccc(C(=O)N(CCCOC)CC(=O)N(Cc2cccn2Cc2ccccc2)C2CCCCC2)cc1. The minimum atomic E-state index is -0.0902. The molecule has 0 spiro atoms. The van der Waals surface area contributed by atoms with Crippen molar-refractivity contribution in [2.24, 2.45) is 0 Å². The topological polar surface area (TPSA) is 54.8 Å². The summed E-state index contributed by atoms with van der Waals surface area (Å²) in [6.45, 7) is 4.62. The molecule has 0 atom stereocenters. The van der Waals surface area contributed by atoms with E-state index in [9.17, 15) is 9.59 Å². The summed E-state index contributed by atoms with van der Waals surface area (Å²) in [6, 6.07) is 22.7. The Bertz CT molecular complexity index is 1200. The molecule has 6 nitrogen and oxygen atoms in total. The molecule has 1 fully saturated rings. The van der Waals surface area contributed by atoms with Crippen molar-refractivity contribution in [3.63, 3.8) is 0 Å². The van der Waals surface area contributed by atoms with Crippen LogP contribution in [-0.2, 0) is 29.0 Å². The number of amides is 2. The molecule has 0 unspecified atom stereocenters. The molecule has 1 saturated carbocycles. The lowest BCUT2D eigenvalue weighted by Gasteiger charge is -2.36. The van der Waals surface area contributed by atoms with E-state index in [2.05, 4.69) is 59.0 Å².